The van der Waals surface area contributed by atoms with E-state index in [4.69, 9.17) is 4.42 Å². The van der Waals surface area contributed by atoms with Gasteiger partial charge in [-0.05, 0) is 69.4 Å². The molecule has 39 heavy (non-hydrogen) atoms. The SMILES string of the molecule is CC1(C)c2ccccc2-c2cccc(N(c3ccc4ccccc4c3)c3cccc4oc5ccccc5c34)c21. The van der Waals surface area contributed by atoms with E-state index in [1.54, 1.807) is 0 Å². The minimum absolute atomic E-state index is 0.149. The Labute approximate surface area is 227 Å². The van der Waals surface area contributed by atoms with Gasteiger partial charge in [-0.1, -0.05) is 105 Å². The number of para-hydroxylation sites is 1. The topological polar surface area (TPSA) is 16.4 Å². The van der Waals surface area contributed by atoms with Crippen molar-refractivity contribution in [2.75, 3.05) is 4.90 Å². The van der Waals surface area contributed by atoms with Crippen LogP contribution in [0.15, 0.2) is 132 Å². The molecule has 0 N–H and O–H groups in total. The summed E-state index contributed by atoms with van der Waals surface area (Å²) in [6.07, 6.45) is 0. The van der Waals surface area contributed by atoms with E-state index in [9.17, 15) is 0 Å². The highest BCUT2D eigenvalue weighted by molar-refractivity contribution is 6.14. The molecule has 0 spiro atoms. The van der Waals surface area contributed by atoms with Crippen LogP contribution in [0.4, 0.5) is 17.1 Å². The van der Waals surface area contributed by atoms with Crippen molar-refractivity contribution in [2.45, 2.75) is 19.3 Å². The molecule has 6 aromatic carbocycles. The maximum absolute atomic E-state index is 6.34. The van der Waals surface area contributed by atoms with Gasteiger partial charge < -0.3 is 9.32 Å². The van der Waals surface area contributed by atoms with Gasteiger partial charge in [0.15, 0.2) is 0 Å². The molecule has 1 aliphatic carbocycles. The molecule has 0 bridgehead atoms. The molecule has 7 aromatic rings. The number of hydrogen-bond donors (Lipinski definition) is 0. The fourth-order valence-corrected chi connectivity index (χ4v) is 6.67. The molecule has 2 heteroatoms. The van der Waals surface area contributed by atoms with Gasteiger partial charge in [-0.15, -0.1) is 0 Å². The largest absolute Gasteiger partial charge is 0.456 e. The quantitative estimate of drug-likeness (QED) is 0.239. The van der Waals surface area contributed by atoms with Crippen LogP contribution in [0.2, 0.25) is 0 Å². The van der Waals surface area contributed by atoms with Crippen molar-refractivity contribution in [3.63, 3.8) is 0 Å². The van der Waals surface area contributed by atoms with Gasteiger partial charge in [-0.2, -0.15) is 0 Å². The van der Waals surface area contributed by atoms with Crippen LogP contribution in [0, 0.1) is 0 Å². The number of hydrogen-bond acceptors (Lipinski definition) is 2. The fourth-order valence-electron chi connectivity index (χ4n) is 6.67. The van der Waals surface area contributed by atoms with Crippen molar-refractivity contribution >= 4 is 49.8 Å². The van der Waals surface area contributed by atoms with E-state index in [2.05, 4.69) is 140 Å². The first-order valence-corrected chi connectivity index (χ1v) is 13.5. The average Bonchev–Trinajstić information content (AvgIpc) is 3.47. The molecule has 0 amide bonds. The summed E-state index contributed by atoms with van der Waals surface area (Å²) < 4.78 is 6.34. The van der Waals surface area contributed by atoms with Crippen molar-refractivity contribution < 1.29 is 4.42 Å². The molecular weight excluding hydrogens is 474 g/mol. The first kappa shape index (κ1) is 22.2. The second-order valence-corrected chi connectivity index (χ2v) is 11.0. The van der Waals surface area contributed by atoms with Gasteiger partial charge in [0.2, 0.25) is 0 Å². The maximum Gasteiger partial charge on any atom is 0.137 e. The lowest BCUT2D eigenvalue weighted by Crippen LogP contribution is -2.20. The smallest absolute Gasteiger partial charge is 0.137 e. The maximum atomic E-state index is 6.34. The number of benzene rings is 6. The van der Waals surface area contributed by atoms with Crippen molar-refractivity contribution in [1.29, 1.82) is 0 Å². The third kappa shape index (κ3) is 3.15. The van der Waals surface area contributed by atoms with Crippen molar-refractivity contribution in [2.24, 2.45) is 0 Å². The Morgan fingerprint density at radius 1 is 0.564 bits per heavy atom. The Hall–Kier alpha value is -4.82. The van der Waals surface area contributed by atoms with Gasteiger partial charge in [0.25, 0.3) is 0 Å². The molecule has 1 aromatic heterocycles. The molecule has 1 aliphatic rings. The highest BCUT2D eigenvalue weighted by Crippen LogP contribution is 2.55. The molecule has 0 saturated carbocycles. The minimum Gasteiger partial charge on any atom is -0.456 e. The van der Waals surface area contributed by atoms with E-state index < -0.39 is 0 Å². The van der Waals surface area contributed by atoms with Crippen LogP contribution in [0.1, 0.15) is 25.0 Å². The van der Waals surface area contributed by atoms with Gasteiger partial charge >= 0.3 is 0 Å². The Morgan fingerprint density at radius 3 is 2.18 bits per heavy atom. The standard InChI is InChI=1S/C37H27NO/c1-37(2)30-16-7-5-13-27(30)28-15-9-18-32(36(28)37)38(26-22-21-24-11-3-4-12-25(24)23-26)31-17-10-20-34-35(31)29-14-6-8-19-33(29)39-34/h3-23H,1-2H3. The molecule has 0 unspecified atom stereocenters. The highest BCUT2D eigenvalue weighted by Gasteiger charge is 2.39. The normalized spacial score (nSPS) is 13.6. The molecule has 186 valence electrons. The van der Waals surface area contributed by atoms with Crippen LogP contribution in [-0.4, -0.2) is 0 Å². The number of anilines is 3. The molecule has 0 atom stereocenters. The second kappa shape index (κ2) is 8.09. The Morgan fingerprint density at radius 2 is 1.26 bits per heavy atom. The van der Waals surface area contributed by atoms with Crippen molar-refractivity contribution in [3.8, 4) is 11.1 Å². The average molecular weight is 502 g/mol. The van der Waals surface area contributed by atoms with E-state index in [0.29, 0.717) is 0 Å². The summed E-state index contributed by atoms with van der Waals surface area (Å²) in [6.45, 7) is 4.71. The Balaban J connectivity index is 1.48. The first-order chi connectivity index (χ1) is 19.1. The Kier molecular flexibility index (Phi) is 4.60. The molecule has 0 aliphatic heterocycles. The molecule has 0 saturated heterocycles. The van der Waals surface area contributed by atoms with Crippen molar-refractivity contribution in [3.05, 3.63) is 139 Å². The predicted octanol–water partition coefficient (Wildman–Crippen LogP) is 10.5. The summed E-state index contributed by atoms with van der Waals surface area (Å²) in [4.78, 5) is 2.45. The number of rotatable bonds is 3. The minimum atomic E-state index is -0.149. The lowest BCUT2D eigenvalue weighted by Gasteiger charge is -2.32. The molecular formula is C37H27NO. The van der Waals surface area contributed by atoms with Crippen LogP contribution >= 0.6 is 0 Å². The summed E-state index contributed by atoms with van der Waals surface area (Å²) in [7, 11) is 0. The third-order valence-electron chi connectivity index (χ3n) is 8.41. The lowest BCUT2D eigenvalue weighted by molar-refractivity contribution is 0.661. The zero-order valence-electron chi connectivity index (χ0n) is 22.0. The number of furan rings is 1. The van der Waals surface area contributed by atoms with Crippen molar-refractivity contribution in [1.82, 2.24) is 0 Å². The molecule has 1 heterocycles. The Bertz CT molecular complexity index is 2060. The monoisotopic (exact) mass is 501 g/mol. The molecule has 0 fully saturated rings. The van der Waals surface area contributed by atoms with Crippen LogP contribution in [-0.2, 0) is 5.41 Å². The predicted molar refractivity (Wildman–Crippen MR) is 163 cm³/mol. The third-order valence-corrected chi connectivity index (χ3v) is 8.41. The summed E-state index contributed by atoms with van der Waals surface area (Å²) >= 11 is 0. The zero-order valence-corrected chi connectivity index (χ0v) is 22.0. The lowest BCUT2D eigenvalue weighted by atomic mass is 9.81. The summed E-state index contributed by atoms with van der Waals surface area (Å²) in [5, 5.41) is 4.72. The van der Waals surface area contributed by atoms with E-state index in [-0.39, 0.29) is 5.41 Å². The highest BCUT2D eigenvalue weighted by atomic mass is 16.3. The van der Waals surface area contributed by atoms with Crippen LogP contribution in [0.25, 0.3) is 43.8 Å². The summed E-state index contributed by atoms with van der Waals surface area (Å²) in [6, 6.07) is 45.7. The summed E-state index contributed by atoms with van der Waals surface area (Å²) in [5.41, 5.74) is 10.5. The fraction of sp³-hybridized carbons (Fsp3) is 0.0811. The van der Waals surface area contributed by atoms with Crippen LogP contribution in [0.3, 0.4) is 0 Å². The second-order valence-electron chi connectivity index (χ2n) is 11.0. The zero-order chi connectivity index (χ0) is 26.1. The van der Waals surface area contributed by atoms with Gasteiger partial charge in [0.05, 0.1) is 16.8 Å². The van der Waals surface area contributed by atoms with Gasteiger partial charge in [-0.3, -0.25) is 0 Å². The van der Waals surface area contributed by atoms with Gasteiger partial charge in [-0.25, -0.2) is 0 Å². The molecule has 0 radical (unpaired) electrons. The molecule has 8 rings (SSSR count). The van der Waals surface area contributed by atoms with Gasteiger partial charge in [0.1, 0.15) is 11.2 Å². The first-order valence-electron chi connectivity index (χ1n) is 13.5. The number of nitrogens with zero attached hydrogens (tertiary/aromatic N) is 1. The van der Waals surface area contributed by atoms with Gasteiger partial charge in [0, 0.05) is 16.5 Å². The number of fused-ring (bicyclic) bond motifs is 7. The van der Waals surface area contributed by atoms with E-state index >= 15 is 0 Å². The van der Waals surface area contributed by atoms with E-state index in [1.807, 2.05) is 6.07 Å². The van der Waals surface area contributed by atoms with Crippen LogP contribution < -0.4 is 4.90 Å². The molecule has 2 nitrogen and oxygen atoms in total. The summed E-state index contributed by atoms with van der Waals surface area (Å²) in [5.74, 6) is 0. The van der Waals surface area contributed by atoms with E-state index in [1.165, 1.54) is 38.7 Å². The van der Waals surface area contributed by atoms with Crippen LogP contribution in [0.5, 0.6) is 0 Å². The van der Waals surface area contributed by atoms with E-state index in [0.717, 1.165) is 33.3 Å².